The predicted molar refractivity (Wildman–Crippen MR) is 43.7 cm³/mol. The zero-order valence-electron chi connectivity index (χ0n) is 6.75. The molecule has 1 fully saturated rings. The molecule has 0 unspecified atom stereocenters. The van der Waals surface area contributed by atoms with Crippen molar-refractivity contribution >= 4 is 5.91 Å². The molecule has 1 amide bonds. The standard InChI is InChI=1S/C8H16N2O/c9-7(8(10)11)6-4-2-1-3-5-6/h6-7H,1-5,9H2,(H2,10,11)/t7-/m0/s1. The van der Waals surface area contributed by atoms with Crippen LogP contribution in [0.25, 0.3) is 0 Å². The highest BCUT2D eigenvalue weighted by atomic mass is 16.1. The minimum atomic E-state index is -0.407. The molecule has 11 heavy (non-hydrogen) atoms. The Morgan fingerprint density at radius 3 is 2.27 bits per heavy atom. The van der Waals surface area contributed by atoms with Gasteiger partial charge in [0, 0.05) is 0 Å². The summed E-state index contributed by atoms with van der Waals surface area (Å²) in [6, 6.07) is -0.407. The Hall–Kier alpha value is -0.570. The molecule has 3 nitrogen and oxygen atoms in total. The maximum absolute atomic E-state index is 10.7. The Morgan fingerprint density at radius 2 is 1.82 bits per heavy atom. The zero-order chi connectivity index (χ0) is 8.27. The molecule has 1 atom stereocenters. The van der Waals surface area contributed by atoms with E-state index in [9.17, 15) is 4.79 Å². The maximum atomic E-state index is 10.7. The highest BCUT2D eigenvalue weighted by molar-refractivity contribution is 5.79. The summed E-state index contributed by atoms with van der Waals surface area (Å²) in [5, 5.41) is 0. The molecular formula is C8H16N2O. The van der Waals surface area contributed by atoms with E-state index < -0.39 is 6.04 Å². The van der Waals surface area contributed by atoms with Crippen molar-refractivity contribution in [1.29, 1.82) is 0 Å². The van der Waals surface area contributed by atoms with Crippen molar-refractivity contribution in [2.75, 3.05) is 0 Å². The summed E-state index contributed by atoms with van der Waals surface area (Å²) in [6.45, 7) is 0. The van der Waals surface area contributed by atoms with E-state index in [0.29, 0.717) is 5.92 Å². The molecule has 0 radical (unpaired) electrons. The van der Waals surface area contributed by atoms with Gasteiger partial charge < -0.3 is 11.5 Å². The summed E-state index contributed by atoms with van der Waals surface area (Å²) in [5.41, 5.74) is 10.7. The fraction of sp³-hybridized carbons (Fsp3) is 0.875. The van der Waals surface area contributed by atoms with Gasteiger partial charge in [-0.15, -0.1) is 0 Å². The monoisotopic (exact) mass is 156 g/mol. The number of amides is 1. The van der Waals surface area contributed by atoms with Crippen LogP contribution in [0.4, 0.5) is 0 Å². The van der Waals surface area contributed by atoms with Crippen LogP contribution in [-0.2, 0) is 4.79 Å². The lowest BCUT2D eigenvalue weighted by Crippen LogP contribution is -2.43. The first-order chi connectivity index (χ1) is 5.22. The number of carbonyl (C=O) groups excluding carboxylic acids is 1. The number of carbonyl (C=O) groups is 1. The van der Waals surface area contributed by atoms with Gasteiger partial charge in [0.25, 0.3) is 0 Å². The molecule has 0 bridgehead atoms. The van der Waals surface area contributed by atoms with Gasteiger partial charge in [-0.3, -0.25) is 4.79 Å². The van der Waals surface area contributed by atoms with E-state index in [1.54, 1.807) is 0 Å². The highest BCUT2D eigenvalue weighted by Crippen LogP contribution is 2.25. The Bertz CT molecular complexity index is 141. The van der Waals surface area contributed by atoms with Crippen LogP contribution < -0.4 is 11.5 Å². The van der Waals surface area contributed by atoms with Crippen LogP contribution in [0, 0.1) is 5.92 Å². The Morgan fingerprint density at radius 1 is 1.27 bits per heavy atom. The van der Waals surface area contributed by atoms with Gasteiger partial charge in [-0.1, -0.05) is 19.3 Å². The lowest BCUT2D eigenvalue weighted by atomic mass is 9.84. The molecule has 1 aliphatic rings. The molecule has 4 N–H and O–H groups in total. The second-order valence-corrected chi connectivity index (χ2v) is 3.33. The first kappa shape index (κ1) is 8.53. The van der Waals surface area contributed by atoms with Gasteiger partial charge in [0.2, 0.25) is 5.91 Å². The van der Waals surface area contributed by atoms with E-state index in [-0.39, 0.29) is 5.91 Å². The average molecular weight is 156 g/mol. The summed E-state index contributed by atoms with van der Waals surface area (Å²) >= 11 is 0. The third kappa shape index (κ3) is 2.19. The largest absolute Gasteiger partial charge is 0.368 e. The fourth-order valence-electron chi connectivity index (χ4n) is 1.73. The zero-order valence-corrected chi connectivity index (χ0v) is 6.75. The van der Waals surface area contributed by atoms with Gasteiger partial charge in [-0.2, -0.15) is 0 Å². The van der Waals surface area contributed by atoms with Crippen LogP contribution in [0.2, 0.25) is 0 Å². The van der Waals surface area contributed by atoms with Crippen molar-refractivity contribution in [3.05, 3.63) is 0 Å². The second kappa shape index (κ2) is 3.72. The molecule has 1 rings (SSSR count). The molecule has 0 spiro atoms. The summed E-state index contributed by atoms with van der Waals surface area (Å²) < 4.78 is 0. The molecule has 3 heteroatoms. The number of hydrogen-bond acceptors (Lipinski definition) is 2. The average Bonchev–Trinajstić information content (AvgIpc) is 2.05. The van der Waals surface area contributed by atoms with Crippen molar-refractivity contribution in [3.8, 4) is 0 Å². The molecule has 64 valence electrons. The molecule has 1 saturated carbocycles. The van der Waals surface area contributed by atoms with E-state index in [1.807, 2.05) is 0 Å². The SMILES string of the molecule is NC(=O)[C@@H](N)C1CCCCC1. The van der Waals surface area contributed by atoms with Crippen molar-refractivity contribution < 1.29 is 4.79 Å². The number of hydrogen-bond donors (Lipinski definition) is 2. The minimum Gasteiger partial charge on any atom is -0.368 e. The lowest BCUT2D eigenvalue weighted by Gasteiger charge is -2.24. The molecule has 0 aliphatic heterocycles. The van der Waals surface area contributed by atoms with E-state index >= 15 is 0 Å². The van der Waals surface area contributed by atoms with Crippen molar-refractivity contribution in [2.45, 2.75) is 38.1 Å². The van der Waals surface area contributed by atoms with Crippen LogP contribution >= 0.6 is 0 Å². The van der Waals surface area contributed by atoms with Crippen LogP contribution in [0.3, 0.4) is 0 Å². The van der Waals surface area contributed by atoms with Gasteiger partial charge in [0.15, 0.2) is 0 Å². The Labute approximate surface area is 67.1 Å². The molecule has 0 aromatic heterocycles. The van der Waals surface area contributed by atoms with E-state index in [1.165, 1.54) is 19.3 Å². The summed E-state index contributed by atoms with van der Waals surface area (Å²) in [7, 11) is 0. The van der Waals surface area contributed by atoms with Crippen molar-refractivity contribution in [1.82, 2.24) is 0 Å². The third-order valence-electron chi connectivity index (χ3n) is 2.49. The fourth-order valence-corrected chi connectivity index (χ4v) is 1.73. The van der Waals surface area contributed by atoms with Crippen molar-refractivity contribution in [2.24, 2.45) is 17.4 Å². The van der Waals surface area contributed by atoms with E-state index in [4.69, 9.17) is 11.5 Å². The second-order valence-electron chi connectivity index (χ2n) is 3.33. The van der Waals surface area contributed by atoms with Gasteiger partial charge in [0.05, 0.1) is 6.04 Å². The first-order valence-electron chi connectivity index (χ1n) is 4.26. The first-order valence-corrected chi connectivity index (χ1v) is 4.26. The highest BCUT2D eigenvalue weighted by Gasteiger charge is 2.23. The topological polar surface area (TPSA) is 69.1 Å². The third-order valence-corrected chi connectivity index (χ3v) is 2.49. The van der Waals surface area contributed by atoms with Crippen LogP contribution in [0.15, 0.2) is 0 Å². The smallest absolute Gasteiger partial charge is 0.234 e. The van der Waals surface area contributed by atoms with Gasteiger partial charge in [0.1, 0.15) is 0 Å². The number of primary amides is 1. The summed E-state index contributed by atoms with van der Waals surface area (Å²) in [6.07, 6.45) is 5.83. The van der Waals surface area contributed by atoms with Gasteiger partial charge >= 0.3 is 0 Å². The molecular weight excluding hydrogens is 140 g/mol. The molecule has 0 aromatic rings. The van der Waals surface area contributed by atoms with Crippen molar-refractivity contribution in [3.63, 3.8) is 0 Å². The molecule has 0 heterocycles. The molecule has 0 aromatic carbocycles. The lowest BCUT2D eigenvalue weighted by molar-refractivity contribution is -0.120. The van der Waals surface area contributed by atoms with Gasteiger partial charge in [-0.25, -0.2) is 0 Å². The van der Waals surface area contributed by atoms with E-state index in [0.717, 1.165) is 12.8 Å². The number of nitrogens with two attached hydrogens (primary N) is 2. The normalized spacial score (nSPS) is 23.0. The van der Waals surface area contributed by atoms with Gasteiger partial charge in [-0.05, 0) is 18.8 Å². The maximum Gasteiger partial charge on any atom is 0.234 e. The summed E-state index contributed by atoms with van der Waals surface area (Å²) in [5.74, 6) is -0.00171. The van der Waals surface area contributed by atoms with Crippen LogP contribution in [0.5, 0.6) is 0 Å². The Balaban J connectivity index is 2.38. The number of rotatable bonds is 2. The van der Waals surface area contributed by atoms with E-state index in [2.05, 4.69) is 0 Å². The Kier molecular flexibility index (Phi) is 2.88. The van der Waals surface area contributed by atoms with Crippen LogP contribution in [-0.4, -0.2) is 11.9 Å². The summed E-state index contributed by atoms with van der Waals surface area (Å²) in [4.78, 5) is 10.7. The quantitative estimate of drug-likeness (QED) is 0.606. The predicted octanol–water partition coefficient (Wildman–Crippen LogP) is 0.379. The molecule has 1 aliphatic carbocycles. The van der Waals surface area contributed by atoms with Crippen LogP contribution in [0.1, 0.15) is 32.1 Å². The molecule has 0 saturated heterocycles. The minimum absolute atomic E-state index is 0.348.